The number of anilines is 2. The first kappa shape index (κ1) is 21.5. The highest BCUT2D eigenvalue weighted by molar-refractivity contribution is 5.96. The Morgan fingerprint density at radius 3 is 2.46 bits per heavy atom. The second-order valence-electron chi connectivity index (χ2n) is 6.86. The van der Waals surface area contributed by atoms with Crippen LogP contribution in [0.15, 0.2) is 24.3 Å². The summed E-state index contributed by atoms with van der Waals surface area (Å²) in [7, 11) is 4.94. The lowest BCUT2D eigenvalue weighted by Gasteiger charge is -2.22. The Labute approximate surface area is 167 Å². The van der Waals surface area contributed by atoms with Gasteiger partial charge < -0.3 is 19.7 Å². The van der Waals surface area contributed by atoms with E-state index in [1.165, 1.54) is 7.11 Å². The molecule has 0 radical (unpaired) electrons. The van der Waals surface area contributed by atoms with Crippen LogP contribution in [0.1, 0.15) is 48.3 Å². The van der Waals surface area contributed by atoms with E-state index in [2.05, 4.69) is 29.1 Å². The maximum absolute atomic E-state index is 12.3. The quantitative estimate of drug-likeness (QED) is 0.657. The highest BCUT2D eigenvalue weighted by atomic mass is 16.5. The minimum atomic E-state index is -0.437. The number of nitrogens with zero attached hydrogens (tertiary/aromatic N) is 3. The summed E-state index contributed by atoms with van der Waals surface area (Å²) in [5.74, 6) is 1.44. The smallest absolute Gasteiger partial charge is 0.343 e. The molecule has 0 aliphatic rings. The molecule has 1 aromatic heterocycles. The van der Waals surface area contributed by atoms with Crippen LogP contribution in [-0.4, -0.2) is 43.2 Å². The first-order valence-corrected chi connectivity index (χ1v) is 9.47. The van der Waals surface area contributed by atoms with Gasteiger partial charge in [-0.3, -0.25) is 0 Å². The Bertz CT molecular complexity index is 793. The lowest BCUT2D eigenvalue weighted by Crippen LogP contribution is -2.24. The summed E-state index contributed by atoms with van der Waals surface area (Å²) in [5.41, 5.74) is 2.08. The molecule has 0 aliphatic heterocycles. The molecule has 1 atom stereocenters. The van der Waals surface area contributed by atoms with Gasteiger partial charge in [-0.05, 0) is 38.0 Å². The van der Waals surface area contributed by atoms with Gasteiger partial charge in [-0.2, -0.15) is 4.98 Å². The van der Waals surface area contributed by atoms with Crippen molar-refractivity contribution in [2.45, 2.75) is 46.2 Å². The predicted molar refractivity (Wildman–Crippen MR) is 111 cm³/mol. The molecule has 28 heavy (non-hydrogen) atoms. The number of carbonyl (C=O) groups excluding carboxylic acids is 1. The van der Waals surface area contributed by atoms with Crippen LogP contribution in [0.5, 0.6) is 5.75 Å². The number of hydrogen-bond acceptors (Lipinski definition) is 7. The number of carbonyl (C=O) groups is 1. The van der Waals surface area contributed by atoms with Gasteiger partial charge in [-0.1, -0.05) is 25.5 Å². The Morgan fingerprint density at radius 1 is 1.21 bits per heavy atom. The standard InChI is InChI=1S/C21H30N4O3/c1-7-8-14(2)22-19-18(20(26)28-6)15(3)23-21(24-19)25(4)13-16-9-11-17(27-5)12-10-16/h9-12,14H,7-8,13H2,1-6H3,(H,22,23,24). The molecule has 0 amide bonds. The molecular weight excluding hydrogens is 356 g/mol. The van der Waals surface area contributed by atoms with Crippen molar-refractivity contribution in [3.8, 4) is 5.75 Å². The topological polar surface area (TPSA) is 76.6 Å². The number of methoxy groups -OCH3 is 2. The summed E-state index contributed by atoms with van der Waals surface area (Å²) in [6.07, 6.45) is 2.01. The van der Waals surface area contributed by atoms with Gasteiger partial charge in [0.25, 0.3) is 0 Å². The number of nitrogens with one attached hydrogen (secondary N) is 1. The normalized spacial score (nSPS) is 11.6. The van der Waals surface area contributed by atoms with E-state index >= 15 is 0 Å². The van der Waals surface area contributed by atoms with Crippen molar-refractivity contribution in [3.63, 3.8) is 0 Å². The maximum atomic E-state index is 12.3. The summed E-state index contributed by atoms with van der Waals surface area (Å²) >= 11 is 0. The average molecular weight is 386 g/mol. The van der Waals surface area contributed by atoms with Gasteiger partial charge in [0.1, 0.15) is 17.1 Å². The molecule has 0 saturated carbocycles. The minimum absolute atomic E-state index is 0.183. The van der Waals surface area contributed by atoms with Crippen molar-refractivity contribution in [2.24, 2.45) is 0 Å². The number of ether oxygens (including phenoxy) is 2. The predicted octanol–water partition coefficient (Wildman–Crippen LogP) is 3.82. The van der Waals surface area contributed by atoms with E-state index in [4.69, 9.17) is 9.47 Å². The third-order valence-electron chi connectivity index (χ3n) is 4.49. The van der Waals surface area contributed by atoms with Crippen molar-refractivity contribution in [1.82, 2.24) is 9.97 Å². The lowest BCUT2D eigenvalue weighted by molar-refractivity contribution is 0.0600. The van der Waals surface area contributed by atoms with Crippen molar-refractivity contribution >= 4 is 17.7 Å². The van der Waals surface area contributed by atoms with E-state index in [1.807, 2.05) is 36.2 Å². The van der Waals surface area contributed by atoms with E-state index in [0.717, 1.165) is 24.2 Å². The first-order chi connectivity index (χ1) is 13.4. The van der Waals surface area contributed by atoms with Gasteiger partial charge in [0, 0.05) is 19.6 Å². The van der Waals surface area contributed by atoms with Crippen LogP contribution in [-0.2, 0) is 11.3 Å². The number of hydrogen-bond donors (Lipinski definition) is 1. The summed E-state index contributed by atoms with van der Waals surface area (Å²) in [6.45, 7) is 6.63. The Kier molecular flexibility index (Phi) is 7.61. The fourth-order valence-electron chi connectivity index (χ4n) is 2.99. The molecule has 0 saturated heterocycles. The number of benzene rings is 1. The SMILES string of the molecule is CCCC(C)Nc1nc(N(C)Cc2ccc(OC)cc2)nc(C)c1C(=O)OC. The van der Waals surface area contributed by atoms with Crippen LogP contribution in [0.4, 0.5) is 11.8 Å². The van der Waals surface area contributed by atoms with Crippen LogP contribution >= 0.6 is 0 Å². The molecule has 1 N–H and O–H groups in total. The Balaban J connectivity index is 2.32. The fraction of sp³-hybridized carbons (Fsp3) is 0.476. The van der Waals surface area contributed by atoms with Crippen LogP contribution < -0.4 is 15.0 Å². The van der Waals surface area contributed by atoms with Crippen molar-refractivity contribution in [2.75, 3.05) is 31.5 Å². The molecular formula is C21H30N4O3. The number of aromatic nitrogens is 2. The van der Waals surface area contributed by atoms with Crippen LogP contribution in [0, 0.1) is 6.92 Å². The summed E-state index contributed by atoms with van der Waals surface area (Å²) in [5, 5.41) is 3.35. The van der Waals surface area contributed by atoms with Crippen LogP contribution in [0.2, 0.25) is 0 Å². The number of aryl methyl sites for hydroxylation is 1. The van der Waals surface area contributed by atoms with E-state index in [1.54, 1.807) is 14.0 Å². The van der Waals surface area contributed by atoms with E-state index in [0.29, 0.717) is 29.6 Å². The third kappa shape index (κ3) is 5.34. The number of esters is 1. The van der Waals surface area contributed by atoms with E-state index in [-0.39, 0.29) is 6.04 Å². The van der Waals surface area contributed by atoms with Gasteiger partial charge in [-0.25, -0.2) is 9.78 Å². The first-order valence-electron chi connectivity index (χ1n) is 9.47. The highest BCUT2D eigenvalue weighted by Gasteiger charge is 2.21. The zero-order valence-electron chi connectivity index (χ0n) is 17.6. The van der Waals surface area contributed by atoms with Crippen LogP contribution in [0.25, 0.3) is 0 Å². The monoisotopic (exact) mass is 386 g/mol. The summed E-state index contributed by atoms with van der Waals surface area (Å²) in [4.78, 5) is 23.4. The molecule has 0 aliphatic carbocycles. The second-order valence-corrected chi connectivity index (χ2v) is 6.86. The largest absolute Gasteiger partial charge is 0.497 e. The van der Waals surface area contributed by atoms with Crippen molar-refractivity contribution in [1.29, 1.82) is 0 Å². The van der Waals surface area contributed by atoms with E-state index in [9.17, 15) is 4.79 Å². The molecule has 1 unspecified atom stereocenters. The maximum Gasteiger partial charge on any atom is 0.343 e. The molecule has 0 spiro atoms. The van der Waals surface area contributed by atoms with Gasteiger partial charge in [-0.15, -0.1) is 0 Å². The molecule has 0 fully saturated rings. The highest BCUT2D eigenvalue weighted by Crippen LogP contribution is 2.23. The second kappa shape index (κ2) is 9.92. The molecule has 1 aromatic carbocycles. The van der Waals surface area contributed by atoms with Crippen molar-refractivity contribution < 1.29 is 14.3 Å². The lowest BCUT2D eigenvalue weighted by atomic mass is 10.1. The van der Waals surface area contributed by atoms with Crippen LogP contribution in [0.3, 0.4) is 0 Å². The van der Waals surface area contributed by atoms with Gasteiger partial charge in [0.2, 0.25) is 5.95 Å². The zero-order chi connectivity index (χ0) is 20.7. The Morgan fingerprint density at radius 2 is 1.89 bits per heavy atom. The van der Waals surface area contributed by atoms with Gasteiger partial charge >= 0.3 is 5.97 Å². The van der Waals surface area contributed by atoms with Gasteiger partial charge in [0.15, 0.2) is 0 Å². The molecule has 1 heterocycles. The molecule has 2 aromatic rings. The average Bonchev–Trinajstić information content (AvgIpc) is 2.67. The third-order valence-corrected chi connectivity index (χ3v) is 4.49. The molecule has 0 bridgehead atoms. The Hall–Kier alpha value is -2.83. The molecule has 7 heteroatoms. The molecule has 152 valence electrons. The number of rotatable bonds is 9. The summed E-state index contributed by atoms with van der Waals surface area (Å²) in [6, 6.07) is 8.05. The zero-order valence-corrected chi connectivity index (χ0v) is 17.6. The van der Waals surface area contributed by atoms with E-state index < -0.39 is 5.97 Å². The molecule has 7 nitrogen and oxygen atoms in total. The van der Waals surface area contributed by atoms with Crippen molar-refractivity contribution in [3.05, 3.63) is 41.1 Å². The minimum Gasteiger partial charge on any atom is -0.497 e. The van der Waals surface area contributed by atoms with Gasteiger partial charge in [0.05, 0.1) is 19.9 Å². The summed E-state index contributed by atoms with van der Waals surface area (Å²) < 4.78 is 10.1. The fourth-order valence-corrected chi connectivity index (χ4v) is 2.99. The molecule has 2 rings (SSSR count).